The first-order valence-corrected chi connectivity index (χ1v) is 4.70. The molecule has 1 aromatic rings. The van der Waals surface area contributed by atoms with E-state index in [-0.39, 0.29) is 0 Å². The lowest BCUT2D eigenvalue weighted by molar-refractivity contribution is 0.775. The summed E-state index contributed by atoms with van der Waals surface area (Å²) in [6, 6.07) is 4.15. The van der Waals surface area contributed by atoms with Crippen LogP contribution in [0.2, 0.25) is 0 Å². The van der Waals surface area contributed by atoms with E-state index in [1.54, 1.807) is 0 Å². The first-order chi connectivity index (χ1) is 6.09. The zero-order valence-corrected chi connectivity index (χ0v) is 8.83. The summed E-state index contributed by atoms with van der Waals surface area (Å²) in [6.07, 6.45) is 4.05. The van der Waals surface area contributed by atoms with E-state index in [2.05, 4.69) is 50.9 Å². The molecule has 0 unspecified atom stereocenters. The third kappa shape index (κ3) is 3.02. The third-order valence-electron chi connectivity index (χ3n) is 2.22. The van der Waals surface area contributed by atoms with Crippen LogP contribution in [0.3, 0.4) is 0 Å². The van der Waals surface area contributed by atoms with Crippen molar-refractivity contribution in [2.24, 2.45) is 5.92 Å². The van der Waals surface area contributed by atoms with Crippen molar-refractivity contribution in [1.82, 2.24) is 4.98 Å². The minimum absolute atomic E-state index is 0.600. The van der Waals surface area contributed by atoms with Gasteiger partial charge in [-0.05, 0) is 37.5 Å². The van der Waals surface area contributed by atoms with Gasteiger partial charge in [0.15, 0.2) is 0 Å². The van der Waals surface area contributed by atoms with Crippen molar-refractivity contribution in [3.05, 3.63) is 35.2 Å². The van der Waals surface area contributed by atoms with Crippen LogP contribution in [0.4, 0.5) is 0 Å². The first kappa shape index (κ1) is 9.97. The Morgan fingerprint density at radius 3 is 2.54 bits per heavy atom. The van der Waals surface area contributed by atoms with E-state index < -0.39 is 0 Å². The second-order valence-electron chi connectivity index (χ2n) is 3.80. The highest BCUT2D eigenvalue weighted by molar-refractivity contribution is 5.48. The molecule has 0 aliphatic heterocycles. The molecular weight excluding hydrogens is 158 g/mol. The zero-order valence-electron chi connectivity index (χ0n) is 8.83. The average Bonchev–Trinajstić information content (AvgIpc) is 2.08. The van der Waals surface area contributed by atoms with Crippen molar-refractivity contribution >= 4 is 6.08 Å². The topological polar surface area (TPSA) is 12.9 Å². The van der Waals surface area contributed by atoms with Gasteiger partial charge in [0.05, 0.1) is 5.69 Å². The molecule has 13 heavy (non-hydrogen) atoms. The number of hydrogen-bond donors (Lipinski definition) is 0. The molecule has 0 aliphatic carbocycles. The van der Waals surface area contributed by atoms with Crippen molar-refractivity contribution in [3.63, 3.8) is 0 Å². The summed E-state index contributed by atoms with van der Waals surface area (Å²) in [4.78, 5) is 4.32. The molecule has 0 saturated heterocycles. The van der Waals surface area contributed by atoms with Gasteiger partial charge in [0, 0.05) is 6.20 Å². The number of rotatable bonds is 2. The summed E-state index contributed by atoms with van der Waals surface area (Å²) in [5.41, 5.74) is 3.63. The Morgan fingerprint density at radius 2 is 2.08 bits per heavy atom. The normalized spacial score (nSPS) is 12.2. The number of aromatic nitrogens is 1. The minimum atomic E-state index is 0.600. The van der Waals surface area contributed by atoms with Crippen LogP contribution in [0.15, 0.2) is 23.9 Å². The van der Waals surface area contributed by atoms with Crippen LogP contribution in [0.5, 0.6) is 0 Å². The predicted octanol–water partition coefficient (Wildman–Crippen LogP) is 3.45. The smallest absolute Gasteiger partial charge is 0.0629 e. The van der Waals surface area contributed by atoms with Gasteiger partial charge in [-0.15, -0.1) is 0 Å². The second kappa shape index (κ2) is 4.22. The van der Waals surface area contributed by atoms with E-state index in [4.69, 9.17) is 0 Å². The average molecular weight is 175 g/mol. The molecule has 0 aromatic carbocycles. The van der Waals surface area contributed by atoms with Crippen LogP contribution in [0, 0.1) is 12.8 Å². The largest absolute Gasteiger partial charge is 0.257 e. The summed E-state index contributed by atoms with van der Waals surface area (Å²) in [6.45, 7) is 8.59. The Morgan fingerprint density at radius 1 is 1.38 bits per heavy atom. The number of nitrogens with zero attached hydrogens (tertiary/aromatic N) is 1. The van der Waals surface area contributed by atoms with E-state index in [9.17, 15) is 0 Å². The third-order valence-corrected chi connectivity index (χ3v) is 2.22. The maximum atomic E-state index is 4.32. The van der Waals surface area contributed by atoms with Gasteiger partial charge in [-0.1, -0.05) is 25.5 Å². The van der Waals surface area contributed by atoms with Crippen molar-refractivity contribution in [2.75, 3.05) is 0 Å². The monoisotopic (exact) mass is 175 g/mol. The highest BCUT2D eigenvalue weighted by Gasteiger charge is 1.96. The van der Waals surface area contributed by atoms with E-state index in [1.165, 1.54) is 11.1 Å². The number of allylic oxidation sites excluding steroid dienone is 1. The molecule has 1 heterocycles. The van der Waals surface area contributed by atoms with Gasteiger partial charge in [0.1, 0.15) is 0 Å². The predicted molar refractivity (Wildman–Crippen MR) is 57.5 cm³/mol. The van der Waals surface area contributed by atoms with Crippen LogP contribution >= 0.6 is 0 Å². The molecule has 0 aliphatic rings. The molecule has 1 rings (SSSR count). The summed E-state index contributed by atoms with van der Waals surface area (Å²) in [7, 11) is 0. The fourth-order valence-corrected chi connectivity index (χ4v) is 0.965. The molecule has 0 bridgehead atoms. The quantitative estimate of drug-likeness (QED) is 0.671. The van der Waals surface area contributed by atoms with Crippen molar-refractivity contribution in [3.8, 4) is 0 Å². The van der Waals surface area contributed by atoms with Gasteiger partial charge in [-0.2, -0.15) is 0 Å². The SMILES string of the molecule is C/C(=C\c1ccc(C)cn1)C(C)C. The lowest BCUT2D eigenvalue weighted by Gasteiger charge is -2.04. The molecule has 0 saturated carbocycles. The molecule has 0 atom stereocenters. The standard InChI is InChI=1S/C12H17N/c1-9(2)11(4)7-12-6-5-10(3)8-13-12/h5-9H,1-4H3/b11-7+. The van der Waals surface area contributed by atoms with Gasteiger partial charge in [0.25, 0.3) is 0 Å². The van der Waals surface area contributed by atoms with Gasteiger partial charge in [0.2, 0.25) is 0 Å². The molecular formula is C12H17N. The van der Waals surface area contributed by atoms with Gasteiger partial charge >= 0.3 is 0 Å². The van der Waals surface area contributed by atoms with Crippen molar-refractivity contribution < 1.29 is 0 Å². The Balaban J connectivity index is 2.85. The molecule has 1 heteroatoms. The van der Waals surface area contributed by atoms with Crippen LogP contribution < -0.4 is 0 Å². The lowest BCUT2D eigenvalue weighted by Crippen LogP contribution is -1.89. The van der Waals surface area contributed by atoms with Crippen molar-refractivity contribution in [1.29, 1.82) is 0 Å². The molecule has 1 aromatic heterocycles. The Kier molecular flexibility index (Phi) is 3.24. The molecule has 0 radical (unpaired) electrons. The van der Waals surface area contributed by atoms with Gasteiger partial charge in [-0.3, -0.25) is 4.98 Å². The highest BCUT2D eigenvalue weighted by Crippen LogP contribution is 2.12. The highest BCUT2D eigenvalue weighted by atomic mass is 14.7. The van der Waals surface area contributed by atoms with Crippen LogP contribution in [0.25, 0.3) is 6.08 Å². The zero-order chi connectivity index (χ0) is 9.84. The van der Waals surface area contributed by atoms with E-state index in [0.29, 0.717) is 5.92 Å². The maximum Gasteiger partial charge on any atom is 0.0629 e. The summed E-state index contributed by atoms with van der Waals surface area (Å²) in [5.74, 6) is 0.600. The molecule has 0 spiro atoms. The summed E-state index contributed by atoms with van der Waals surface area (Å²) in [5, 5.41) is 0. The first-order valence-electron chi connectivity index (χ1n) is 4.70. The van der Waals surface area contributed by atoms with E-state index in [1.807, 2.05) is 6.20 Å². The fraction of sp³-hybridized carbons (Fsp3) is 0.417. The molecule has 0 fully saturated rings. The Hall–Kier alpha value is -1.11. The van der Waals surface area contributed by atoms with Crippen LogP contribution in [-0.4, -0.2) is 4.98 Å². The molecule has 70 valence electrons. The molecule has 1 nitrogen and oxygen atoms in total. The molecule has 0 N–H and O–H groups in total. The summed E-state index contributed by atoms with van der Waals surface area (Å²) >= 11 is 0. The maximum absolute atomic E-state index is 4.32. The van der Waals surface area contributed by atoms with Gasteiger partial charge in [-0.25, -0.2) is 0 Å². The molecule has 0 amide bonds. The number of pyridine rings is 1. The minimum Gasteiger partial charge on any atom is -0.257 e. The van der Waals surface area contributed by atoms with Crippen molar-refractivity contribution in [2.45, 2.75) is 27.7 Å². The number of aryl methyl sites for hydroxylation is 1. The summed E-state index contributed by atoms with van der Waals surface area (Å²) < 4.78 is 0. The lowest BCUT2D eigenvalue weighted by atomic mass is 10.0. The Labute approximate surface area is 80.5 Å². The number of hydrogen-bond acceptors (Lipinski definition) is 1. The fourth-order valence-electron chi connectivity index (χ4n) is 0.965. The Bertz CT molecular complexity index is 293. The van der Waals surface area contributed by atoms with Gasteiger partial charge < -0.3 is 0 Å². The van der Waals surface area contributed by atoms with Crippen LogP contribution in [0.1, 0.15) is 32.0 Å². The second-order valence-corrected chi connectivity index (χ2v) is 3.80. The van der Waals surface area contributed by atoms with Crippen LogP contribution in [-0.2, 0) is 0 Å². The van der Waals surface area contributed by atoms with E-state index in [0.717, 1.165) is 5.69 Å². The van der Waals surface area contributed by atoms with E-state index >= 15 is 0 Å².